The fourth-order valence-electron chi connectivity index (χ4n) is 2.60. The highest BCUT2D eigenvalue weighted by atomic mass is 15.2. The van der Waals surface area contributed by atoms with Crippen molar-refractivity contribution in [2.45, 2.75) is 45.7 Å². The van der Waals surface area contributed by atoms with E-state index in [-0.39, 0.29) is 1.43 Å². The van der Waals surface area contributed by atoms with Crippen molar-refractivity contribution in [3.05, 3.63) is 0 Å². The highest BCUT2D eigenvalue weighted by molar-refractivity contribution is 5.10. The first-order valence-corrected chi connectivity index (χ1v) is 5.65. The standard InChI is InChI=1S/C11H22N2.H2/c1-4-12-10-7-13(9(2)3)8-11(10)5-6-11;/h9-10,12H,4-8H2,1-3H3;1H/t10-;/m0./s1. The second-order valence-electron chi connectivity index (χ2n) is 5.00. The van der Waals surface area contributed by atoms with Crippen molar-refractivity contribution >= 4 is 0 Å². The summed E-state index contributed by atoms with van der Waals surface area (Å²) in [6.45, 7) is 10.6. The minimum Gasteiger partial charge on any atom is -0.312 e. The Hall–Kier alpha value is -0.0800. The number of rotatable bonds is 3. The largest absolute Gasteiger partial charge is 0.312 e. The maximum atomic E-state index is 3.64. The van der Waals surface area contributed by atoms with Gasteiger partial charge in [0.1, 0.15) is 0 Å². The molecule has 78 valence electrons. The van der Waals surface area contributed by atoms with Crippen LogP contribution in [0.2, 0.25) is 0 Å². The van der Waals surface area contributed by atoms with Crippen LogP contribution in [-0.4, -0.2) is 36.6 Å². The molecular weight excluding hydrogens is 160 g/mol. The average molecular weight is 184 g/mol. The molecule has 1 saturated carbocycles. The number of likely N-dealkylation sites (N-methyl/N-ethyl adjacent to an activating group) is 1. The first-order valence-electron chi connectivity index (χ1n) is 5.65. The van der Waals surface area contributed by atoms with Gasteiger partial charge in [-0.05, 0) is 38.6 Å². The van der Waals surface area contributed by atoms with E-state index in [0.29, 0.717) is 5.41 Å². The van der Waals surface area contributed by atoms with Crippen LogP contribution in [0.4, 0.5) is 0 Å². The fraction of sp³-hybridized carbons (Fsp3) is 1.00. The van der Waals surface area contributed by atoms with E-state index in [1.807, 2.05) is 0 Å². The molecule has 2 nitrogen and oxygen atoms in total. The third-order valence-electron chi connectivity index (χ3n) is 3.75. The Morgan fingerprint density at radius 2 is 2.23 bits per heavy atom. The van der Waals surface area contributed by atoms with Gasteiger partial charge in [0.15, 0.2) is 0 Å². The Balaban J connectivity index is 0.000000980. The smallest absolute Gasteiger partial charge is 0.0263 e. The molecule has 0 aromatic carbocycles. The average Bonchev–Trinajstić information content (AvgIpc) is 2.73. The van der Waals surface area contributed by atoms with E-state index in [4.69, 9.17) is 0 Å². The van der Waals surface area contributed by atoms with Gasteiger partial charge in [0.25, 0.3) is 0 Å². The minimum atomic E-state index is 0. The van der Waals surface area contributed by atoms with Gasteiger partial charge in [0, 0.05) is 26.6 Å². The fourth-order valence-corrected chi connectivity index (χ4v) is 2.60. The predicted molar refractivity (Wildman–Crippen MR) is 58.0 cm³/mol. The molecule has 1 N–H and O–H groups in total. The molecule has 13 heavy (non-hydrogen) atoms. The molecule has 1 spiro atoms. The van der Waals surface area contributed by atoms with Crippen LogP contribution in [0, 0.1) is 5.41 Å². The quantitative estimate of drug-likeness (QED) is 0.718. The lowest BCUT2D eigenvalue weighted by Gasteiger charge is -2.20. The van der Waals surface area contributed by atoms with Crippen LogP contribution in [0.3, 0.4) is 0 Å². The summed E-state index contributed by atoms with van der Waals surface area (Å²) in [6, 6.07) is 1.50. The maximum absolute atomic E-state index is 3.64. The van der Waals surface area contributed by atoms with Crippen molar-refractivity contribution in [2.75, 3.05) is 19.6 Å². The summed E-state index contributed by atoms with van der Waals surface area (Å²) < 4.78 is 0. The topological polar surface area (TPSA) is 15.3 Å². The Bertz CT molecular complexity index is 190. The number of hydrogen-bond donors (Lipinski definition) is 1. The number of nitrogens with one attached hydrogen (secondary N) is 1. The summed E-state index contributed by atoms with van der Waals surface area (Å²) in [6.07, 6.45) is 2.90. The highest BCUT2D eigenvalue weighted by Crippen LogP contribution is 2.53. The maximum Gasteiger partial charge on any atom is 0.0263 e. The van der Waals surface area contributed by atoms with Gasteiger partial charge in [-0.25, -0.2) is 0 Å². The first kappa shape index (κ1) is 9.47. The molecule has 1 aliphatic carbocycles. The van der Waals surface area contributed by atoms with Gasteiger partial charge in [-0.3, -0.25) is 4.90 Å². The summed E-state index contributed by atoms with van der Waals surface area (Å²) >= 11 is 0. The van der Waals surface area contributed by atoms with Gasteiger partial charge in [-0.1, -0.05) is 6.92 Å². The molecule has 1 saturated heterocycles. The van der Waals surface area contributed by atoms with Crippen LogP contribution >= 0.6 is 0 Å². The highest BCUT2D eigenvalue weighted by Gasteiger charge is 2.54. The van der Waals surface area contributed by atoms with E-state index < -0.39 is 0 Å². The summed E-state index contributed by atoms with van der Waals surface area (Å²) in [5.41, 5.74) is 0.681. The van der Waals surface area contributed by atoms with Crippen molar-refractivity contribution in [1.82, 2.24) is 10.2 Å². The van der Waals surface area contributed by atoms with E-state index >= 15 is 0 Å². The van der Waals surface area contributed by atoms with E-state index in [1.165, 1.54) is 25.9 Å². The Kier molecular flexibility index (Phi) is 2.37. The van der Waals surface area contributed by atoms with Crippen LogP contribution < -0.4 is 5.32 Å². The predicted octanol–water partition coefficient (Wildman–Crippen LogP) is 1.71. The summed E-state index contributed by atoms with van der Waals surface area (Å²) in [5, 5.41) is 3.64. The number of likely N-dealkylation sites (tertiary alicyclic amines) is 1. The third kappa shape index (κ3) is 1.62. The molecule has 1 heterocycles. The van der Waals surface area contributed by atoms with E-state index in [2.05, 4.69) is 31.0 Å². The van der Waals surface area contributed by atoms with E-state index in [0.717, 1.165) is 18.6 Å². The minimum absolute atomic E-state index is 0. The number of hydrogen-bond acceptors (Lipinski definition) is 2. The summed E-state index contributed by atoms with van der Waals surface area (Å²) in [4.78, 5) is 2.63. The molecule has 1 atom stereocenters. The summed E-state index contributed by atoms with van der Waals surface area (Å²) in [5.74, 6) is 0. The molecule has 0 aromatic heterocycles. The van der Waals surface area contributed by atoms with Crippen molar-refractivity contribution in [2.24, 2.45) is 5.41 Å². The van der Waals surface area contributed by atoms with Gasteiger partial charge >= 0.3 is 0 Å². The van der Waals surface area contributed by atoms with Crippen LogP contribution in [-0.2, 0) is 0 Å². The molecule has 2 rings (SSSR count). The van der Waals surface area contributed by atoms with Crippen molar-refractivity contribution in [3.8, 4) is 0 Å². The molecule has 0 radical (unpaired) electrons. The Morgan fingerprint density at radius 3 is 2.69 bits per heavy atom. The van der Waals surface area contributed by atoms with Gasteiger partial charge < -0.3 is 5.32 Å². The normalized spacial score (nSPS) is 31.8. The number of nitrogens with zero attached hydrogens (tertiary/aromatic N) is 1. The Morgan fingerprint density at radius 1 is 1.54 bits per heavy atom. The van der Waals surface area contributed by atoms with Gasteiger partial charge in [0.2, 0.25) is 0 Å². The zero-order valence-electron chi connectivity index (χ0n) is 9.14. The lowest BCUT2D eigenvalue weighted by Crippen LogP contribution is -2.37. The lowest BCUT2D eigenvalue weighted by atomic mass is 10.0. The Labute approximate surface area is 83.2 Å². The molecule has 0 unspecified atom stereocenters. The monoisotopic (exact) mass is 184 g/mol. The molecule has 2 fully saturated rings. The second kappa shape index (κ2) is 3.25. The molecular formula is C11H24N2. The zero-order chi connectivity index (χ0) is 9.47. The van der Waals surface area contributed by atoms with Crippen molar-refractivity contribution in [1.29, 1.82) is 0 Å². The lowest BCUT2D eigenvalue weighted by molar-refractivity contribution is 0.260. The van der Waals surface area contributed by atoms with Crippen LogP contribution in [0.5, 0.6) is 0 Å². The molecule has 0 amide bonds. The summed E-state index contributed by atoms with van der Waals surface area (Å²) in [7, 11) is 0. The zero-order valence-corrected chi connectivity index (χ0v) is 9.14. The SMILES string of the molecule is CCN[C@H]1CN(C(C)C)CC12CC2.[HH]. The molecule has 0 bridgehead atoms. The van der Waals surface area contributed by atoms with E-state index in [1.54, 1.807) is 0 Å². The molecule has 1 aliphatic heterocycles. The van der Waals surface area contributed by atoms with Crippen LogP contribution in [0.15, 0.2) is 0 Å². The van der Waals surface area contributed by atoms with Crippen molar-refractivity contribution < 1.29 is 1.43 Å². The van der Waals surface area contributed by atoms with Gasteiger partial charge in [-0.15, -0.1) is 0 Å². The van der Waals surface area contributed by atoms with Crippen LogP contribution in [0.1, 0.15) is 35.0 Å². The van der Waals surface area contributed by atoms with Gasteiger partial charge in [0.05, 0.1) is 0 Å². The molecule has 2 aliphatic rings. The molecule has 2 heteroatoms. The van der Waals surface area contributed by atoms with Crippen molar-refractivity contribution in [3.63, 3.8) is 0 Å². The third-order valence-corrected chi connectivity index (χ3v) is 3.75. The molecule has 0 aromatic rings. The second-order valence-corrected chi connectivity index (χ2v) is 5.00. The van der Waals surface area contributed by atoms with Crippen LogP contribution in [0.25, 0.3) is 0 Å². The van der Waals surface area contributed by atoms with E-state index in [9.17, 15) is 0 Å². The van der Waals surface area contributed by atoms with Gasteiger partial charge in [-0.2, -0.15) is 0 Å². The first-order chi connectivity index (χ1) is 6.18.